The lowest BCUT2D eigenvalue weighted by molar-refractivity contribution is -0.129. The van der Waals surface area contributed by atoms with Crippen molar-refractivity contribution in [1.82, 2.24) is 14.5 Å². The van der Waals surface area contributed by atoms with Crippen molar-refractivity contribution in [2.24, 2.45) is 7.05 Å². The number of Topliss-reactive ketones (excluding diaryl/α,β-unsaturated/α-hetero) is 1. The van der Waals surface area contributed by atoms with Crippen LogP contribution in [-0.4, -0.2) is 52.5 Å². The van der Waals surface area contributed by atoms with Gasteiger partial charge in [0.25, 0.3) is 5.56 Å². The predicted octanol–water partition coefficient (Wildman–Crippen LogP) is 1.53. The third-order valence-corrected chi connectivity index (χ3v) is 6.75. The molecule has 3 rings (SSSR count). The van der Waals surface area contributed by atoms with E-state index in [1.54, 1.807) is 4.90 Å². The Morgan fingerprint density at radius 1 is 1.31 bits per heavy atom. The number of nitrogens with zero attached hydrogens (tertiary/aromatic N) is 3. The Kier molecular flexibility index (Phi) is 6.49. The molecule has 0 spiro atoms. The van der Waals surface area contributed by atoms with Crippen LogP contribution in [0.15, 0.2) is 27.9 Å². The highest BCUT2D eigenvalue weighted by atomic mass is 32.2. The predicted molar refractivity (Wildman–Crippen MR) is 113 cm³/mol. The molecule has 11 heteroatoms. The second-order valence-corrected chi connectivity index (χ2v) is 9.83. The van der Waals surface area contributed by atoms with Gasteiger partial charge in [0, 0.05) is 33.2 Å². The van der Waals surface area contributed by atoms with E-state index in [9.17, 15) is 32.3 Å². The number of rotatable bonds is 6. The Hall–Kier alpha value is -3.08. The van der Waals surface area contributed by atoms with Crippen molar-refractivity contribution in [3.63, 3.8) is 0 Å². The SMILES string of the molecule is CC(=O)N1CCCC1c1nc(C(=O)CCc2ccc(F)cc2S(C)(=O)=O)c(O)c(=O)n1C. The Morgan fingerprint density at radius 2 is 2.00 bits per heavy atom. The highest BCUT2D eigenvalue weighted by Gasteiger charge is 2.33. The molecule has 1 atom stereocenters. The minimum atomic E-state index is -3.73. The van der Waals surface area contributed by atoms with Gasteiger partial charge in [-0.1, -0.05) is 6.07 Å². The standard InChI is InChI=1S/C21H24FN3O6S/c1-12(26)25-10-4-5-15(25)20-23-18(19(28)21(29)24(20)2)16(27)9-7-13-6-8-14(22)11-17(13)32(3,30)31/h6,8,11,15,28H,4-5,7,9-10H2,1-3H3. The highest BCUT2D eigenvalue weighted by Crippen LogP contribution is 2.31. The molecule has 2 heterocycles. The van der Waals surface area contributed by atoms with Gasteiger partial charge in [-0.3, -0.25) is 19.0 Å². The molecule has 32 heavy (non-hydrogen) atoms. The number of benzene rings is 1. The van der Waals surface area contributed by atoms with Crippen molar-refractivity contribution in [2.45, 2.75) is 43.5 Å². The molecular formula is C21H24FN3O6S. The van der Waals surface area contributed by atoms with Gasteiger partial charge in [0.2, 0.25) is 11.7 Å². The first-order chi connectivity index (χ1) is 14.9. The smallest absolute Gasteiger partial charge is 0.296 e. The van der Waals surface area contributed by atoms with Crippen LogP contribution in [0.1, 0.15) is 54.1 Å². The quantitative estimate of drug-likeness (QED) is 0.641. The van der Waals surface area contributed by atoms with Gasteiger partial charge in [0.05, 0.1) is 10.9 Å². The second kappa shape index (κ2) is 8.81. The largest absolute Gasteiger partial charge is 0.501 e. The maximum absolute atomic E-state index is 13.5. The van der Waals surface area contributed by atoms with Gasteiger partial charge >= 0.3 is 0 Å². The first-order valence-corrected chi connectivity index (χ1v) is 11.9. The molecule has 1 aliphatic heterocycles. The molecule has 1 saturated heterocycles. The maximum Gasteiger partial charge on any atom is 0.296 e. The van der Waals surface area contributed by atoms with Gasteiger partial charge in [-0.05, 0) is 37.0 Å². The first-order valence-electron chi connectivity index (χ1n) is 10.0. The number of aromatic nitrogens is 2. The summed E-state index contributed by atoms with van der Waals surface area (Å²) in [5.41, 5.74) is -1.00. The van der Waals surface area contributed by atoms with Crippen LogP contribution in [0.4, 0.5) is 4.39 Å². The molecule has 2 aromatic rings. The average Bonchev–Trinajstić information content (AvgIpc) is 3.20. The number of carbonyl (C=O) groups is 2. The number of aromatic hydroxyl groups is 1. The Labute approximate surface area is 184 Å². The molecule has 1 aromatic carbocycles. The van der Waals surface area contributed by atoms with Crippen molar-refractivity contribution in [3.05, 3.63) is 51.5 Å². The van der Waals surface area contributed by atoms with Crippen LogP contribution in [0.5, 0.6) is 5.75 Å². The average molecular weight is 466 g/mol. The van der Waals surface area contributed by atoms with Crippen LogP contribution in [0.3, 0.4) is 0 Å². The third kappa shape index (κ3) is 4.57. The fourth-order valence-corrected chi connectivity index (χ4v) is 4.93. The molecule has 172 valence electrons. The first kappa shape index (κ1) is 23.6. The number of ketones is 1. The number of sulfone groups is 1. The number of amides is 1. The zero-order valence-corrected chi connectivity index (χ0v) is 18.8. The lowest BCUT2D eigenvalue weighted by Gasteiger charge is -2.24. The number of likely N-dealkylation sites (tertiary alicyclic amines) is 1. The summed E-state index contributed by atoms with van der Waals surface area (Å²) in [7, 11) is -2.32. The summed E-state index contributed by atoms with van der Waals surface area (Å²) in [6.07, 6.45) is 1.89. The third-order valence-electron chi connectivity index (χ3n) is 5.57. The van der Waals surface area contributed by atoms with E-state index in [4.69, 9.17) is 0 Å². The molecule has 1 unspecified atom stereocenters. The van der Waals surface area contributed by atoms with Gasteiger partial charge in [-0.2, -0.15) is 0 Å². The summed E-state index contributed by atoms with van der Waals surface area (Å²) in [6.45, 7) is 1.91. The minimum Gasteiger partial charge on any atom is -0.501 e. The van der Waals surface area contributed by atoms with Crippen molar-refractivity contribution < 1.29 is 27.5 Å². The van der Waals surface area contributed by atoms with Gasteiger partial charge in [0.1, 0.15) is 11.6 Å². The Morgan fingerprint density at radius 3 is 2.62 bits per heavy atom. The number of aryl methyl sites for hydroxylation is 1. The molecule has 1 amide bonds. The summed E-state index contributed by atoms with van der Waals surface area (Å²) < 4.78 is 38.6. The van der Waals surface area contributed by atoms with E-state index in [1.807, 2.05) is 0 Å². The van der Waals surface area contributed by atoms with Crippen LogP contribution < -0.4 is 5.56 Å². The summed E-state index contributed by atoms with van der Waals surface area (Å²) in [5, 5.41) is 10.3. The topological polar surface area (TPSA) is 127 Å². The van der Waals surface area contributed by atoms with E-state index in [0.717, 1.165) is 23.0 Å². The van der Waals surface area contributed by atoms with Crippen LogP contribution >= 0.6 is 0 Å². The molecule has 1 N–H and O–H groups in total. The molecule has 0 bridgehead atoms. The summed E-state index contributed by atoms with van der Waals surface area (Å²) >= 11 is 0. The lowest BCUT2D eigenvalue weighted by atomic mass is 10.0. The number of hydrogen-bond acceptors (Lipinski definition) is 7. The fraction of sp³-hybridized carbons (Fsp3) is 0.429. The monoisotopic (exact) mass is 465 g/mol. The molecule has 9 nitrogen and oxygen atoms in total. The van der Waals surface area contributed by atoms with Crippen LogP contribution in [0.2, 0.25) is 0 Å². The summed E-state index contributed by atoms with van der Waals surface area (Å²) in [6, 6.07) is 2.77. The molecule has 0 aliphatic carbocycles. The fourth-order valence-electron chi connectivity index (χ4n) is 3.96. The number of hydrogen-bond donors (Lipinski definition) is 1. The Bertz CT molecular complexity index is 1250. The van der Waals surface area contributed by atoms with Crippen molar-refractivity contribution in [1.29, 1.82) is 0 Å². The van der Waals surface area contributed by atoms with Gasteiger partial charge in [-0.25, -0.2) is 17.8 Å². The van der Waals surface area contributed by atoms with Crippen molar-refractivity contribution in [3.8, 4) is 5.75 Å². The van der Waals surface area contributed by atoms with Gasteiger partial charge < -0.3 is 10.0 Å². The summed E-state index contributed by atoms with van der Waals surface area (Å²) in [4.78, 5) is 42.9. The number of halogens is 1. The van der Waals surface area contributed by atoms with Gasteiger partial charge in [-0.15, -0.1) is 0 Å². The van der Waals surface area contributed by atoms with E-state index in [0.29, 0.717) is 19.4 Å². The zero-order chi connectivity index (χ0) is 23.8. The molecule has 0 radical (unpaired) electrons. The van der Waals surface area contributed by atoms with Gasteiger partial charge in [0.15, 0.2) is 21.3 Å². The van der Waals surface area contributed by atoms with Crippen molar-refractivity contribution >= 4 is 21.5 Å². The van der Waals surface area contributed by atoms with Crippen LogP contribution in [0, 0.1) is 5.82 Å². The van der Waals surface area contributed by atoms with Crippen LogP contribution in [0.25, 0.3) is 0 Å². The molecule has 1 aliphatic rings. The highest BCUT2D eigenvalue weighted by molar-refractivity contribution is 7.90. The van der Waals surface area contributed by atoms with E-state index in [-0.39, 0.29) is 35.0 Å². The van der Waals surface area contributed by atoms with E-state index < -0.39 is 44.5 Å². The van der Waals surface area contributed by atoms with E-state index in [1.165, 1.54) is 20.0 Å². The number of carbonyl (C=O) groups excluding carboxylic acids is 2. The second-order valence-electron chi connectivity index (χ2n) is 7.85. The van der Waals surface area contributed by atoms with E-state index >= 15 is 0 Å². The maximum atomic E-state index is 13.5. The zero-order valence-electron chi connectivity index (χ0n) is 18.0. The van der Waals surface area contributed by atoms with Crippen LogP contribution in [-0.2, 0) is 28.1 Å². The van der Waals surface area contributed by atoms with E-state index in [2.05, 4.69) is 4.98 Å². The lowest BCUT2D eigenvalue weighted by Crippen LogP contribution is -2.34. The molecular weight excluding hydrogens is 441 g/mol. The molecule has 1 fully saturated rings. The van der Waals surface area contributed by atoms with Crippen molar-refractivity contribution in [2.75, 3.05) is 12.8 Å². The molecule has 1 aromatic heterocycles. The minimum absolute atomic E-state index is 0.0593. The summed E-state index contributed by atoms with van der Waals surface area (Å²) in [5.74, 6) is -2.19. The normalized spacial score (nSPS) is 16.4. The molecule has 0 saturated carbocycles. The Balaban J connectivity index is 1.94.